The van der Waals surface area contributed by atoms with Crippen LogP contribution in [0, 0.1) is 0 Å². The Bertz CT molecular complexity index is 629. The lowest BCUT2D eigenvalue weighted by atomic mass is 10.2. The van der Waals surface area contributed by atoms with Crippen LogP contribution >= 0.6 is 11.8 Å². The highest BCUT2D eigenvalue weighted by molar-refractivity contribution is 7.99. The first-order valence-corrected chi connectivity index (χ1v) is 6.90. The summed E-state index contributed by atoms with van der Waals surface area (Å²) in [5, 5.41) is 2.57. The van der Waals surface area contributed by atoms with Crippen LogP contribution in [0.3, 0.4) is 0 Å². The molecule has 0 heterocycles. The Kier molecular flexibility index (Phi) is 4.53. The summed E-state index contributed by atoms with van der Waals surface area (Å²) < 4.78 is 5.31. The van der Waals surface area contributed by atoms with E-state index in [0.717, 1.165) is 15.5 Å². The number of benzene rings is 2. The highest BCUT2D eigenvalue weighted by atomic mass is 32.2. The molecule has 0 atom stereocenters. The normalized spacial score (nSPS) is 10.1. The Morgan fingerprint density at radius 3 is 2.60 bits per heavy atom. The second-order valence-corrected chi connectivity index (χ2v) is 5.17. The van der Waals surface area contributed by atoms with Crippen LogP contribution in [0.25, 0.3) is 0 Å². The second kappa shape index (κ2) is 6.34. The molecule has 2 aromatic carbocycles. The first-order valence-electron chi connectivity index (χ1n) is 6.08. The fourth-order valence-electron chi connectivity index (χ4n) is 1.75. The Labute approximate surface area is 122 Å². The van der Waals surface area contributed by atoms with Crippen molar-refractivity contribution in [2.24, 2.45) is 0 Å². The van der Waals surface area contributed by atoms with Crippen molar-refractivity contribution in [3.8, 4) is 5.75 Å². The first kappa shape index (κ1) is 14.3. The number of anilines is 1. The van der Waals surface area contributed by atoms with Gasteiger partial charge in [-0.25, -0.2) is 0 Å². The third-order valence-corrected chi connectivity index (χ3v) is 3.94. The van der Waals surface area contributed by atoms with Gasteiger partial charge < -0.3 is 15.8 Å². The van der Waals surface area contributed by atoms with E-state index < -0.39 is 0 Å². The molecule has 0 aliphatic carbocycles. The van der Waals surface area contributed by atoms with Crippen LogP contribution in [0.5, 0.6) is 5.75 Å². The highest BCUT2D eigenvalue weighted by Gasteiger charge is 2.09. The van der Waals surface area contributed by atoms with E-state index in [2.05, 4.69) is 5.32 Å². The Morgan fingerprint density at radius 2 is 1.95 bits per heavy atom. The molecule has 0 aliphatic rings. The molecule has 0 saturated carbocycles. The zero-order valence-electron chi connectivity index (χ0n) is 11.3. The molecule has 2 aromatic rings. The predicted octanol–water partition coefficient (Wildman–Crippen LogP) is 2.79. The average Bonchev–Trinajstić information content (AvgIpc) is 2.49. The number of methoxy groups -OCH3 is 1. The number of hydrogen-bond acceptors (Lipinski definition) is 4. The average molecular weight is 288 g/mol. The zero-order valence-corrected chi connectivity index (χ0v) is 12.2. The highest BCUT2D eigenvalue weighted by Crippen LogP contribution is 2.37. The predicted molar refractivity (Wildman–Crippen MR) is 81.4 cm³/mol. The van der Waals surface area contributed by atoms with Gasteiger partial charge in [0.05, 0.1) is 12.0 Å². The summed E-state index contributed by atoms with van der Waals surface area (Å²) in [7, 11) is 3.23. The summed E-state index contributed by atoms with van der Waals surface area (Å²) in [6, 6.07) is 13.0. The minimum absolute atomic E-state index is 0.148. The molecule has 5 heteroatoms. The molecule has 0 unspecified atom stereocenters. The number of hydrogen-bond donors (Lipinski definition) is 2. The summed E-state index contributed by atoms with van der Waals surface area (Å²) in [6.07, 6.45) is 0. The van der Waals surface area contributed by atoms with E-state index in [-0.39, 0.29) is 5.91 Å². The Morgan fingerprint density at radius 1 is 1.20 bits per heavy atom. The number of nitrogens with one attached hydrogen (secondary N) is 1. The van der Waals surface area contributed by atoms with Gasteiger partial charge in [-0.3, -0.25) is 4.79 Å². The third-order valence-electron chi connectivity index (χ3n) is 2.79. The summed E-state index contributed by atoms with van der Waals surface area (Å²) in [5.74, 6) is 0.651. The van der Waals surface area contributed by atoms with Crippen LogP contribution in [0.2, 0.25) is 0 Å². The van der Waals surface area contributed by atoms with E-state index in [9.17, 15) is 4.79 Å². The summed E-state index contributed by atoms with van der Waals surface area (Å²) in [5.41, 5.74) is 7.13. The first-order chi connectivity index (χ1) is 9.65. The Hall–Kier alpha value is -2.14. The number of rotatable bonds is 4. The van der Waals surface area contributed by atoms with Gasteiger partial charge >= 0.3 is 0 Å². The molecule has 0 radical (unpaired) electrons. The number of carbonyl (C=O) groups is 1. The lowest BCUT2D eigenvalue weighted by Gasteiger charge is -2.10. The lowest BCUT2D eigenvalue weighted by Crippen LogP contribution is -2.17. The monoisotopic (exact) mass is 288 g/mol. The number of amides is 1. The molecule has 1 amide bonds. The van der Waals surface area contributed by atoms with Crippen LogP contribution in [0.15, 0.2) is 52.3 Å². The van der Waals surface area contributed by atoms with Crippen LogP contribution in [-0.4, -0.2) is 20.1 Å². The van der Waals surface area contributed by atoms with Gasteiger partial charge in [0.1, 0.15) is 5.75 Å². The van der Waals surface area contributed by atoms with Crippen molar-refractivity contribution < 1.29 is 9.53 Å². The van der Waals surface area contributed by atoms with Gasteiger partial charge in [-0.15, -0.1) is 0 Å². The molecule has 4 nitrogen and oxygen atoms in total. The number of nitrogens with two attached hydrogens (primary N) is 1. The molecule has 0 aromatic heterocycles. The molecule has 0 fully saturated rings. The largest absolute Gasteiger partial charge is 0.496 e. The summed E-state index contributed by atoms with van der Waals surface area (Å²) in [4.78, 5) is 13.4. The van der Waals surface area contributed by atoms with Crippen molar-refractivity contribution in [1.29, 1.82) is 0 Å². The minimum atomic E-state index is -0.148. The van der Waals surface area contributed by atoms with Gasteiger partial charge in [0.15, 0.2) is 0 Å². The van der Waals surface area contributed by atoms with Crippen molar-refractivity contribution in [2.75, 3.05) is 19.9 Å². The van der Waals surface area contributed by atoms with E-state index in [1.54, 1.807) is 26.3 Å². The fraction of sp³-hybridized carbons (Fsp3) is 0.133. The van der Waals surface area contributed by atoms with Crippen molar-refractivity contribution >= 4 is 23.4 Å². The van der Waals surface area contributed by atoms with Crippen molar-refractivity contribution in [3.05, 3.63) is 48.0 Å². The molecule has 104 valence electrons. The fourth-order valence-corrected chi connectivity index (χ4v) is 2.70. The second-order valence-electron chi connectivity index (χ2n) is 4.08. The van der Waals surface area contributed by atoms with Crippen LogP contribution in [0.1, 0.15) is 10.4 Å². The van der Waals surface area contributed by atoms with Gasteiger partial charge in [0.2, 0.25) is 0 Å². The minimum Gasteiger partial charge on any atom is -0.496 e. The Balaban J connectivity index is 2.28. The van der Waals surface area contributed by atoms with Gasteiger partial charge in [-0.2, -0.15) is 0 Å². The molecule has 0 bridgehead atoms. The molecule has 0 spiro atoms. The molecular formula is C15H16N2O2S. The number of carbonyl (C=O) groups excluding carboxylic acids is 1. The maximum atomic E-state index is 11.5. The van der Waals surface area contributed by atoms with Crippen LogP contribution in [0.4, 0.5) is 5.69 Å². The third kappa shape index (κ3) is 3.05. The van der Waals surface area contributed by atoms with E-state index >= 15 is 0 Å². The number of ether oxygens (including phenoxy) is 1. The number of para-hydroxylation sites is 1. The van der Waals surface area contributed by atoms with Gasteiger partial charge in [-0.1, -0.05) is 23.9 Å². The molecule has 2 rings (SSSR count). The molecular weight excluding hydrogens is 272 g/mol. The van der Waals surface area contributed by atoms with Crippen molar-refractivity contribution in [1.82, 2.24) is 5.32 Å². The quantitative estimate of drug-likeness (QED) is 0.849. The van der Waals surface area contributed by atoms with Crippen LogP contribution < -0.4 is 15.8 Å². The van der Waals surface area contributed by atoms with Gasteiger partial charge in [-0.05, 0) is 30.3 Å². The maximum absolute atomic E-state index is 11.5. The maximum Gasteiger partial charge on any atom is 0.251 e. The van der Waals surface area contributed by atoms with Gasteiger partial charge in [0.25, 0.3) is 5.91 Å². The molecule has 3 N–H and O–H groups in total. The van der Waals surface area contributed by atoms with Crippen molar-refractivity contribution in [2.45, 2.75) is 9.79 Å². The van der Waals surface area contributed by atoms with E-state index in [1.807, 2.05) is 30.3 Å². The van der Waals surface area contributed by atoms with Crippen LogP contribution in [-0.2, 0) is 0 Å². The topological polar surface area (TPSA) is 64.3 Å². The lowest BCUT2D eigenvalue weighted by molar-refractivity contribution is 0.0963. The van der Waals surface area contributed by atoms with Gasteiger partial charge in [0, 0.05) is 23.2 Å². The standard InChI is InChI=1S/C15H16N2O2S/c1-17-15(18)10-7-8-13(11(16)9-10)20-14-6-4-3-5-12(14)19-2/h3-9H,16H2,1-2H3,(H,17,18). The summed E-state index contributed by atoms with van der Waals surface area (Å²) >= 11 is 1.51. The van der Waals surface area contributed by atoms with E-state index in [4.69, 9.17) is 10.5 Å². The summed E-state index contributed by atoms with van der Waals surface area (Å²) in [6.45, 7) is 0. The molecule has 0 saturated heterocycles. The molecule has 20 heavy (non-hydrogen) atoms. The van der Waals surface area contributed by atoms with E-state index in [0.29, 0.717) is 11.3 Å². The number of nitrogen functional groups attached to an aromatic ring is 1. The van der Waals surface area contributed by atoms with Crippen molar-refractivity contribution in [3.63, 3.8) is 0 Å². The SMILES string of the molecule is CNC(=O)c1ccc(Sc2ccccc2OC)c(N)c1. The van der Waals surface area contributed by atoms with E-state index in [1.165, 1.54) is 11.8 Å². The zero-order chi connectivity index (χ0) is 14.5. The smallest absolute Gasteiger partial charge is 0.251 e. The molecule has 0 aliphatic heterocycles.